The maximum Gasteiger partial charge on any atom is 0.257 e. The number of pyridine rings is 1. The number of benzene rings is 3. The molecular formula is C31H26N3O2+. The van der Waals surface area contributed by atoms with Gasteiger partial charge in [-0.3, -0.25) is 4.40 Å². The SMILES string of the molecule is Cc1c(-c2c3oc4c(-c5coc6ccccc56)ncn4c3cc[n+]2C)cc(C(C)C)c2ccccc12. The zero-order valence-corrected chi connectivity index (χ0v) is 20.7. The Labute approximate surface area is 208 Å². The van der Waals surface area contributed by atoms with Gasteiger partial charge in [-0.05, 0) is 46.9 Å². The van der Waals surface area contributed by atoms with E-state index < -0.39 is 0 Å². The Bertz CT molecular complexity index is 1950. The lowest BCUT2D eigenvalue weighted by Crippen LogP contribution is -2.30. The number of oxazole rings is 1. The smallest absolute Gasteiger partial charge is 0.257 e. The van der Waals surface area contributed by atoms with E-state index in [1.165, 1.54) is 27.5 Å². The highest BCUT2D eigenvalue weighted by molar-refractivity contribution is 6.00. The molecule has 5 heteroatoms. The Hall–Kier alpha value is -4.38. The van der Waals surface area contributed by atoms with Gasteiger partial charge in [-0.2, -0.15) is 4.57 Å². The van der Waals surface area contributed by atoms with E-state index in [2.05, 4.69) is 81.0 Å². The summed E-state index contributed by atoms with van der Waals surface area (Å²) >= 11 is 0. The van der Waals surface area contributed by atoms with Crippen molar-refractivity contribution in [3.63, 3.8) is 0 Å². The molecule has 0 radical (unpaired) electrons. The molecule has 7 aromatic rings. The fourth-order valence-corrected chi connectivity index (χ4v) is 5.54. The minimum absolute atomic E-state index is 0.399. The minimum atomic E-state index is 0.399. The molecule has 0 spiro atoms. The standard InChI is InChI=1S/C31H26N3O2/c1-18(2)23-15-24(19(3)20-9-5-6-10-21(20)23)29-30-26(13-14-33(29)4)34-17-32-28(31(34)36-30)25-16-35-27-12-8-7-11-22(25)27/h5-18H,1-4H3/q+1. The van der Waals surface area contributed by atoms with E-state index in [4.69, 9.17) is 13.8 Å². The summed E-state index contributed by atoms with van der Waals surface area (Å²) in [5, 5.41) is 3.62. The second-order valence-corrected chi connectivity index (χ2v) is 9.84. The molecule has 0 fully saturated rings. The predicted octanol–water partition coefficient (Wildman–Crippen LogP) is 7.57. The Morgan fingerprint density at radius 1 is 0.917 bits per heavy atom. The van der Waals surface area contributed by atoms with Gasteiger partial charge in [0.1, 0.15) is 36.4 Å². The zero-order chi connectivity index (χ0) is 24.6. The highest BCUT2D eigenvalue weighted by Gasteiger charge is 2.27. The van der Waals surface area contributed by atoms with Gasteiger partial charge in [0.15, 0.2) is 6.20 Å². The molecule has 0 amide bonds. The zero-order valence-electron chi connectivity index (χ0n) is 20.7. The van der Waals surface area contributed by atoms with Crippen LogP contribution in [0.1, 0.15) is 30.9 Å². The van der Waals surface area contributed by atoms with Crippen molar-refractivity contribution in [2.75, 3.05) is 0 Å². The van der Waals surface area contributed by atoms with Crippen molar-refractivity contribution in [3.8, 4) is 22.5 Å². The molecule has 0 aliphatic heterocycles. The van der Waals surface area contributed by atoms with Gasteiger partial charge in [-0.1, -0.05) is 56.3 Å². The molecule has 0 aliphatic rings. The molecule has 0 atom stereocenters. The number of furan rings is 1. The lowest BCUT2D eigenvalue weighted by Gasteiger charge is -2.15. The molecule has 0 saturated heterocycles. The molecule has 5 nitrogen and oxygen atoms in total. The fourth-order valence-electron chi connectivity index (χ4n) is 5.54. The monoisotopic (exact) mass is 472 g/mol. The third kappa shape index (κ3) is 2.83. The molecular weight excluding hydrogens is 446 g/mol. The van der Waals surface area contributed by atoms with Crippen molar-refractivity contribution >= 4 is 38.6 Å². The summed E-state index contributed by atoms with van der Waals surface area (Å²) < 4.78 is 16.7. The number of hydrogen-bond acceptors (Lipinski definition) is 3. The first-order valence-corrected chi connectivity index (χ1v) is 12.3. The Kier molecular flexibility index (Phi) is 4.40. The largest absolute Gasteiger partial charge is 0.464 e. The van der Waals surface area contributed by atoms with Crippen LogP contribution in [0.2, 0.25) is 0 Å². The minimum Gasteiger partial charge on any atom is -0.464 e. The van der Waals surface area contributed by atoms with Crippen molar-refractivity contribution in [2.24, 2.45) is 7.05 Å². The maximum atomic E-state index is 6.67. The van der Waals surface area contributed by atoms with E-state index >= 15 is 0 Å². The summed E-state index contributed by atoms with van der Waals surface area (Å²) in [6.07, 6.45) is 5.71. The first-order valence-electron chi connectivity index (χ1n) is 12.3. The molecule has 4 heterocycles. The number of rotatable bonds is 3. The Morgan fingerprint density at radius 2 is 1.67 bits per heavy atom. The summed E-state index contributed by atoms with van der Waals surface area (Å²) in [5.41, 5.74) is 9.94. The number of nitrogens with zero attached hydrogens (tertiary/aromatic N) is 3. The van der Waals surface area contributed by atoms with E-state index in [1.807, 2.05) is 28.9 Å². The molecule has 0 saturated carbocycles. The molecule has 4 aromatic heterocycles. The topological polar surface area (TPSA) is 47.5 Å². The van der Waals surface area contributed by atoms with Crippen LogP contribution in [-0.4, -0.2) is 9.38 Å². The molecule has 36 heavy (non-hydrogen) atoms. The van der Waals surface area contributed by atoms with Crippen molar-refractivity contribution in [1.82, 2.24) is 9.38 Å². The summed E-state index contributed by atoms with van der Waals surface area (Å²) in [7, 11) is 2.08. The third-order valence-electron chi connectivity index (χ3n) is 7.40. The van der Waals surface area contributed by atoms with Gasteiger partial charge in [-0.15, -0.1) is 0 Å². The highest BCUT2D eigenvalue weighted by atomic mass is 16.3. The van der Waals surface area contributed by atoms with Gasteiger partial charge >= 0.3 is 0 Å². The summed E-state index contributed by atoms with van der Waals surface area (Å²) in [5.74, 6) is 0.399. The van der Waals surface area contributed by atoms with Crippen LogP contribution in [0.4, 0.5) is 0 Å². The lowest BCUT2D eigenvalue weighted by atomic mass is 9.89. The number of aryl methyl sites for hydroxylation is 2. The third-order valence-corrected chi connectivity index (χ3v) is 7.40. The molecule has 3 aromatic carbocycles. The van der Waals surface area contributed by atoms with Crippen LogP contribution in [-0.2, 0) is 7.05 Å². The molecule has 0 bridgehead atoms. The molecule has 0 N–H and O–H groups in total. The number of imidazole rings is 1. The number of hydrogen-bond donors (Lipinski definition) is 0. The van der Waals surface area contributed by atoms with Gasteiger partial charge < -0.3 is 8.83 Å². The normalized spacial score (nSPS) is 12.1. The van der Waals surface area contributed by atoms with E-state index in [9.17, 15) is 0 Å². The van der Waals surface area contributed by atoms with Gasteiger partial charge in [0.25, 0.3) is 5.69 Å². The molecule has 7 rings (SSSR count). The second-order valence-electron chi connectivity index (χ2n) is 9.84. The van der Waals surface area contributed by atoms with Crippen LogP contribution >= 0.6 is 0 Å². The molecule has 0 aliphatic carbocycles. The van der Waals surface area contributed by atoms with Crippen LogP contribution in [0, 0.1) is 6.92 Å². The van der Waals surface area contributed by atoms with Gasteiger partial charge in [0.05, 0.1) is 11.1 Å². The number of fused-ring (bicyclic) bond motifs is 5. The average Bonchev–Trinajstić information content (AvgIpc) is 3.58. The molecule has 176 valence electrons. The van der Waals surface area contributed by atoms with Crippen LogP contribution < -0.4 is 4.57 Å². The quantitative estimate of drug-likeness (QED) is 0.249. The summed E-state index contributed by atoms with van der Waals surface area (Å²) in [4.78, 5) is 4.72. The highest BCUT2D eigenvalue weighted by Crippen LogP contribution is 2.39. The van der Waals surface area contributed by atoms with Crippen molar-refractivity contribution in [1.29, 1.82) is 0 Å². The van der Waals surface area contributed by atoms with E-state index in [0.717, 1.165) is 39.0 Å². The van der Waals surface area contributed by atoms with Crippen molar-refractivity contribution in [3.05, 3.63) is 90.6 Å². The number of aromatic nitrogens is 3. The predicted molar refractivity (Wildman–Crippen MR) is 143 cm³/mol. The average molecular weight is 473 g/mol. The number of para-hydroxylation sites is 1. The fraction of sp³-hybridized carbons (Fsp3) is 0.161. The summed E-state index contributed by atoms with van der Waals surface area (Å²) in [6, 6.07) is 21.1. The lowest BCUT2D eigenvalue weighted by molar-refractivity contribution is -0.659. The first-order chi connectivity index (χ1) is 17.5. The van der Waals surface area contributed by atoms with Crippen LogP contribution in [0.15, 0.2) is 88.3 Å². The van der Waals surface area contributed by atoms with Gasteiger partial charge in [-0.25, -0.2) is 4.98 Å². The molecule has 0 unspecified atom stereocenters. The van der Waals surface area contributed by atoms with E-state index in [0.29, 0.717) is 11.6 Å². The van der Waals surface area contributed by atoms with E-state index in [1.54, 1.807) is 6.26 Å². The van der Waals surface area contributed by atoms with Crippen LogP contribution in [0.25, 0.3) is 61.1 Å². The van der Waals surface area contributed by atoms with Gasteiger partial charge in [0.2, 0.25) is 11.3 Å². The van der Waals surface area contributed by atoms with Crippen LogP contribution in [0.5, 0.6) is 0 Å². The summed E-state index contributed by atoms with van der Waals surface area (Å²) in [6.45, 7) is 6.72. The maximum absolute atomic E-state index is 6.67. The Balaban J connectivity index is 1.54. The van der Waals surface area contributed by atoms with Crippen LogP contribution in [0.3, 0.4) is 0 Å². The van der Waals surface area contributed by atoms with Gasteiger partial charge in [0, 0.05) is 11.5 Å². The second kappa shape index (κ2) is 7.56. The first kappa shape index (κ1) is 20.9. The van der Waals surface area contributed by atoms with Crippen molar-refractivity contribution < 1.29 is 13.4 Å². The Morgan fingerprint density at radius 3 is 2.47 bits per heavy atom. The van der Waals surface area contributed by atoms with E-state index in [-0.39, 0.29) is 0 Å². The van der Waals surface area contributed by atoms with Crippen molar-refractivity contribution in [2.45, 2.75) is 26.7 Å².